The highest BCUT2D eigenvalue weighted by atomic mass is 127. The van der Waals surface area contributed by atoms with E-state index in [4.69, 9.17) is 0 Å². The highest BCUT2D eigenvalue weighted by Gasteiger charge is 2.39. The molecule has 3 rings (SSSR count). The van der Waals surface area contributed by atoms with Crippen molar-refractivity contribution in [1.29, 1.82) is 0 Å². The third kappa shape index (κ3) is 5.91. The Balaban J connectivity index is 1.93. The van der Waals surface area contributed by atoms with E-state index in [-0.39, 0.29) is 16.9 Å². The topological polar surface area (TPSA) is 113 Å². The molecular formula is C20H11F2I3NO6S-. The molecule has 0 aliphatic carbocycles. The molecule has 0 unspecified atom stereocenters. The van der Waals surface area contributed by atoms with Gasteiger partial charge >= 0.3 is 11.2 Å². The van der Waals surface area contributed by atoms with Gasteiger partial charge in [-0.3, -0.25) is 4.79 Å². The van der Waals surface area contributed by atoms with Crippen molar-refractivity contribution in [3.8, 4) is 0 Å². The zero-order valence-electron chi connectivity index (χ0n) is 16.1. The number of amides is 1. The molecule has 13 heteroatoms. The number of rotatable bonds is 6. The number of hydrogen-bond donors (Lipinski definition) is 1. The van der Waals surface area contributed by atoms with Crippen LogP contribution >= 0.6 is 67.8 Å². The maximum absolute atomic E-state index is 13.4. The Morgan fingerprint density at radius 1 is 1.00 bits per heavy atom. The first-order valence-corrected chi connectivity index (χ1v) is 13.4. The van der Waals surface area contributed by atoms with Crippen molar-refractivity contribution in [1.82, 2.24) is 0 Å². The predicted octanol–water partition coefficient (Wildman–Crippen LogP) is 5.20. The van der Waals surface area contributed by atoms with E-state index < -0.39 is 27.9 Å². The second-order valence-electron chi connectivity index (χ2n) is 6.58. The van der Waals surface area contributed by atoms with Gasteiger partial charge in [-0.1, -0.05) is 24.3 Å². The van der Waals surface area contributed by atoms with Gasteiger partial charge < -0.3 is 14.6 Å². The van der Waals surface area contributed by atoms with Gasteiger partial charge in [0, 0.05) is 21.8 Å². The summed E-state index contributed by atoms with van der Waals surface area (Å²) in [6.07, 6.45) is 0. The highest BCUT2D eigenvalue weighted by Crippen LogP contribution is 2.29. The molecule has 3 aromatic rings. The van der Waals surface area contributed by atoms with Crippen molar-refractivity contribution in [2.75, 3.05) is 11.9 Å². The van der Waals surface area contributed by atoms with Crippen molar-refractivity contribution in [3.05, 3.63) is 70.4 Å². The number of halogens is 5. The summed E-state index contributed by atoms with van der Waals surface area (Å²) in [6.45, 7) is -1.91. The maximum Gasteiger partial charge on any atom is 0.367 e. The van der Waals surface area contributed by atoms with Crippen LogP contribution in [0.5, 0.6) is 0 Å². The van der Waals surface area contributed by atoms with Gasteiger partial charge in [-0.15, -0.1) is 0 Å². The summed E-state index contributed by atoms with van der Waals surface area (Å²) in [6, 6.07) is 12.7. The molecular weight excluding hydrogens is 801 g/mol. The molecule has 3 aromatic carbocycles. The highest BCUT2D eigenvalue weighted by molar-refractivity contribution is 14.1. The van der Waals surface area contributed by atoms with Crippen LogP contribution < -0.4 is 5.32 Å². The van der Waals surface area contributed by atoms with Gasteiger partial charge in [0.2, 0.25) is 0 Å². The molecule has 7 nitrogen and oxygen atoms in total. The SMILES string of the molecule is O=C(Nc1cccc2c(C(=O)OCC(F)(F)S(=O)(=O)[O-])cccc12)c1cc(I)cc(I)c1I. The Morgan fingerprint density at radius 3 is 2.30 bits per heavy atom. The summed E-state index contributed by atoms with van der Waals surface area (Å²) in [7, 11) is -5.99. The van der Waals surface area contributed by atoms with Crippen molar-refractivity contribution in [2.45, 2.75) is 5.25 Å². The van der Waals surface area contributed by atoms with Crippen LogP contribution in [0.4, 0.5) is 14.5 Å². The standard InChI is InChI=1S/C20H12F2I3NO6S/c21-20(22,33(29,30)31)9-32-19(28)13-5-1-4-12-11(13)3-2-6-16(12)26-18(27)14-7-10(23)8-15(24)17(14)25/h1-8H,9H2,(H,26,27)(H,29,30,31)/p-1. The lowest BCUT2D eigenvalue weighted by Crippen LogP contribution is -2.34. The molecule has 174 valence electrons. The Labute approximate surface area is 227 Å². The Hall–Kier alpha value is -1.18. The summed E-state index contributed by atoms with van der Waals surface area (Å²) in [5.41, 5.74) is 0.686. The zero-order valence-corrected chi connectivity index (χ0v) is 23.4. The summed E-state index contributed by atoms with van der Waals surface area (Å²) >= 11 is 6.31. The molecule has 0 aliphatic rings. The minimum atomic E-state index is -5.99. The first kappa shape index (κ1) is 26.4. The van der Waals surface area contributed by atoms with E-state index in [2.05, 4.69) is 77.8 Å². The molecule has 0 radical (unpaired) electrons. The number of alkyl halides is 2. The van der Waals surface area contributed by atoms with Gasteiger partial charge in [-0.05, 0) is 97.4 Å². The molecule has 1 N–H and O–H groups in total. The molecule has 0 aliphatic heterocycles. The molecule has 0 heterocycles. The molecule has 1 amide bonds. The van der Waals surface area contributed by atoms with E-state index in [0.717, 1.165) is 10.7 Å². The largest absolute Gasteiger partial charge is 0.743 e. The predicted molar refractivity (Wildman–Crippen MR) is 141 cm³/mol. The number of carbonyl (C=O) groups is 2. The van der Waals surface area contributed by atoms with Crippen LogP contribution in [0, 0.1) is 10.7 Å². The first-order chi connectivity index (χ1) is 15.3. The number of ether oxygens (including phenoxy) is 1. The average molecular weight is 812 g/mol. The Kier molecular flexibility index (Phi) is 8.17. The lowest BCUT2D eigenvalue weighted by Gasteiger charge is -2.19. The van der Waals surface area contributed by atoms with E-state index in [1.165, 1.54) is 18.2 Å². The normalized spacial score (nSPS) is 11.9. The lowest BCUT2D eigenvalue weighted by molar-refractivity contribution is -0.00984. The number of fused-ring (bicyclic) bond motifs is 1. The number of hydrogen-bond acceptors (Lipinski definition) is 6. The van der Waals surface area contributed by atoms with Gasteiger partial charge in [0.25, 0.3) is 5.91 Å². The fourth-order valence-corrected chi connectivity index (χ4v) is 5.41. The third-order valence-corrected chi connectivity index (χ3v) is 8.88. The smallest absolute Gasteiger partial charge is 0.367 e. The second-order valence-corrected chi connectivity index (χ2v) is 11.6. The summed E-state index contributed by atoms with van der Waals surface area (Å²) in [5.74, 6) is -1.62. The second kappa shape index (κ2) is 10.2. The molecule has 0 fully saturated rings. The first-order valence-electron chi connectivity index (χ1n) is 8.80. The number of anilines is 1. The summed E-state index contributed by atoms with van der Waals surface area (Å²) in [5, 5.41) is -1.25. The number of nitrogens with one attached hydrogen (secondary N) is 1. The van der Waals surface area contributed by atoms with Gasteiger partial charge in [0.1, 0.15) is 0 Å². The molecule has 0 saturated carbocycles. The van der Waals surface area contributed by atoms with E-state index in [0.29, 0.717) is 16.6 Å². The fraction of sp³-hybridized carbons (Fsp3) is 0.100. The monoisotopic (exact) mass is 812 g/mol. The van der Waals surface area contributed by atoms with E-state index >= 15 is 0 Å². The molecule has 0 aromatic heterocycles. The molecule has 0 atom stereocenters. The molecule has 0 spiro atoms. The van der Waals surface area contributed by atoms with Crippen LogP contribution in [-0.4, -0.2) is 36.7 Å². The van der Waals surface area contributed by atoms with Crippen LogP contribution in [0.2, 0.25) is 0 Å². The van der Waals surface area contributed by atoms with Gasteiger partial charge in [0.15, 0.2) is 16.7 Å². The van der Waals surface area contributed by atoms with Crippen molar-refractivity contribution in [2.24, 2.45) is 0 Å². The van der Waals surface area contributed by atoms with Gasteiger partial charge in [-0.2, -0.15) is 8.78 Å². The van der Waals surface area contributed by atoms with Crippen molar-refractivity contribution in [3.63, 3.8) is 0 Å². The van der Waals surface area contributed by atoms with Crippen LogP contribution in [0.1, 0.15) is 20.7 Å². The summed E-state index contributed by atoms with van der Waals surface area (Å²) < 4.78 is 65.5. The number of benzene rings is 3. The molecule has 0 bridgehead atoms. The van der Waals surface area contributed by atoms with Crippen LogP contribution in [0.3, 0.4) is 0 Å². The van der Waals surface area contributed by atoms with Crippen LogP contribution in [0.25, 0.3) is 10.8 Å². The lowest BCUT2D eigenvalue weighted by atomic mass is 10.0. The van der Waals surface area contributed by atoms with Crippen molar-refractivity contribution < 1.29 is 36.1 Å². The Bertz CT molecular complexity index is 1380. The van der Waals surface area contributed by atoms with Crippen molar-refractivity contribution >= 4 is 106 Å². The van der Waals surface area contributed by atoms with E-state index in [1.807, 2.05) is 6.07 Å². The van der Waals surface area contributed by atoms with E-state index in [1.54, 1.807) is 24.3 Å². The quantitative estimate of drug-likeness (QED) is 0.159. The maximum atomic E-state index is 13.4. The minimum Gasteiger partial charge on any atom is -0.743 e. The van der Waals surface area contributed by atoms with E-state index in [9.17, 15) is 31.3 Å². The average Bonchev–Trinajstić information content (AvgIpc) is 2.73. The fourth-order valence-electron chi connectivity index (χ4n) is 2.81. The Morgan fingerprint density at radius 2 is 1.64 bits per heavy atom. The summed E-state index contributed by atoms with van der Waals surface area (Å²) in [4.78, 5) is 25.3. The third-order valence-electron chi connectivity index (χ3n) is 4.36. The van der Waals surface area contributed by atoms with Gasteiger partial charge in [-0.25, -0.2) is 13.2 Å². The molecule has 33 heavy (non-hydrogen) atoms. The minimum absolute atomic E-state index is 0.138. The van der Waals surface area contributed by atoms with Crippen LogP contribution in [-0.2, 0) is 14.9 Å². The van der Waals surface area contributed by atoms with Crippen LogP contribution in [0.15, 0.2) is 48.5 Å². The molecule has 0 saturated heterocycles. The number of carbonyl (C=O) groups excluding carboxylic acids is 2. The van der Waals surface area contributed by atoms with Gasteiger partial charge in [0.05, 0.1) is 11.1 Å². The zero-order chi connectivity index (χ0) is 24.6. The number of esters is 1.